The number of nitrogen functional groups attached to an aromatic ring is 1. The summed E-state index contributed by atoms with van der Waals surface area (Å²) >= 11 is 0. The zero-order chi connectivity index (χ0) is 13.1. The average molecular weight is 245 g/mol. The molecule has 2 heterocycles. The highest BCUT2D eigenvalue weighted by molar-refractivity contribution is 5.65. The van der Waals surface area contributed by atoms with E-state index in [-0.39, 0.29) is 0 Å². The lowest BCUT2D eigenvalue weighted by Crippen LogP contribution is -2.04. The van der Waals surface area contributed by atoms with Crippen molar-refractivity contribution in [3.05, 3.63) is 23.8 Å². The van der Waals surface area contributed by atoms with Crippen molar-refractivity contribution < 1.29 is 0 Å². The Kier molecular flexibility index (Phi) is 3.60. The highest BCUT2D eigenvalue weighted by Gasteiger charge is 2.11. The van der Waals surface area contributed by atoms with Gasteiger partial charge in [-0.3, -0.25) is 4.68 Å². The van der Waals surface area contributed by atoms with Gasteiger partial charge < -0.3 is 5.73 Å². The minimum Gasteiger partial charge on any atom is -0.383 e. The Labute approximate surface area is 107 Å². The van der Waals surface area contributed by atoms with Crippen molar-refractivity contribution in [3.63, 3.8) is 0 Å². The summed E-state index contributed by atoms with van der Waals surface area (Å²) in [6, 6.07) is 0. The smallest absolute Gasteiger partial charge is 0.131 e. The van der Waals surface area contributed by atoms with E-state index in [9.17, 15) is 0 Å². The molecular formula is C13H19N5. The second-order valence-corrected chi connectivity index (χ2v) is 4.34. The van der Waals surface area contributed by atoms with Crippen LogP contribution in [-0.4, -0.2) is 19.7 Å². The molecule has 18 heavy (non-hydrogen) atoms. The lowest BCUT2D eigenvalue weighted by molar-refractivity contribution is 0.603. The topological polar surface area (TPSA) is 69.6 Å². The van der Waals surface area contributed by atoms with Crippen LogP contribution in [0.5, 0.6) is 0 Å². The largest absolute Gasteiger partial charge is 0.383 e. The van der Waals surface area contributed by atoms with Crippen LogP contribution < -0.4 is 5.73 Å². The van der Waals surface area contributed by atoms with E-state index in [2.05, 4.69) is 22.0 Å². The highest BCUT2D eigenvalue weighted by atomic mass is 15.3. The zero-order valence-corrected chi connectivity index (χ0v) is 11.1. The predicted octanol–water partition coefficient (Wildman–Crippen LogP) is 2.20. The first kappa shape index (κ1) is 12.5. The van der Waals surface area contributed by atoms with Crippen molar-refractivity contribution in [2.45, 2.75) is 40.2 Å². The molecule has 0 aliphatic carbocycles. The molecular weight excluding hydrogens is 226 g/mol. The molecule has 0 unspecified atom stereocenters. The summed E-state index contributed by atoms with van der Waals surface area (Å²) in [5, 5.41) is 4.32. The molecule has 0 saturated heterocycles. The van der Waals surface area contributed by atoms with E-state index in [1.807, 2.05) is 30.9 Å². The first-order chi connectivity index (χ1) is 8.65. The summed E-state index contributed by atoms with van der Waals surface area (Å²) in [7, 11) is 0. The minimum atomic E-state index is 0.556. The van der Waals surface area contributed by atoms with E-state index in [1.165, 1.54) is 0 Å². The second-order valence-electron chi connectivity index (χ2n) is 4.34. The summed E-state index contributed by atoms with van der Waals surface area (Å²) in [5.41, 5.74) is 8.74. The zero-order valence-electron chi connectivity index (χ0n) is 11.1. The van der Waals surface area contributed by atoms with Crippen LogP contribution in [0.4, 0.5) is 5.82 Å². The first-order valence-electron chi connectivity index (χ1n) is 6.31. The summed E-state index contributed by atoms with van der Waals surface area (Å²) in [6.07, 6.45) is 5.69. The molecule has 0 bridgehead atoms. The van der Waals surface area contributed by atoms with Crippen LogP contribution in [0.2, 0.25) is 0 Å². The summed E-state index contributed by atoms with van der Waals surface area (Å²) in [6.45, 7) is 7.01. The van der Waals surface area contributed by atoms with Gasteiger partial charge in [-0.1, -0.05) is 13.8 Å². The Balaban J connectivity index is 2.45. The van der Waals surface area contributed by atoms with Crippen LogP contribution in [0.25, 0.3) is 11.3 Å². The number of hydrogen-bond acceptors (Lipinski definition) is 4. The fourth-order valence-corrected chi connectivity index (χ4v) is 1.86. The number of aryl methyl sites for hydroxylation is 2. The maximum atomic E-state index is 5.92. The second kappa shape index (κ2) is 5.16. The Bertz CT molecular complexity index is 544. The van der Waals surface area contributed by atoms with E-state index < -0.39 is 0 Å². The molecule has 5 heteroatoms. The van der Waals surface area contributed by atoms with Gasteiger partial charge in [0.05, 0.1) is 11.9 Å². The molecule has 5 nitrogen and oxygen atoms in total. The number of nitrogens with two attached hydrogens (primary N) is 1. The maximum absolute atomic E-state index is 5.92. The van der Waals surface area contributed by atoms with Crippen LogP contribution in [0.3, 0.4) is 0 Å². The van der Waals surface area contributed by atoms with Crippen LogP contribution in [0, 0.1) is 6.92 Å². The van der Waals surface area contributed by atoms with Crippen molar-refractivity contribution in [1.82, 2.24) is 19.7 Å². The number of aromatic nitrogens is 4. The van der Waals surface area contributed by atoms with Crippen molar-refractivity contribution in [3.8, 4) is 11.3 Å². The third kappa shape index (κ3) is 2.34. The van der Waals surface area contributed by atoms with Gasteiger partial charge in [0.1, 0.15) is 11.6 Å². The Morgan fingerprint density at radius 1 is 1.28 bits per heavy atom. The molecule has 0 amide bonds. The quantitative estimate of drug-likeness (QED) is 0.896. The first-order valence-corrected chi connectivity index (χ1v) is 6.31. The minimum absolute atomic E-state index is 0.556. The molecule has 2 rings (SSSR count). The molecule has 2 N–H and O–H groups in total. The van der Waals surface area contributed by atoms with Crippen molar-refractivity contribution >= 4 is 5.82 Å². The number of hydrogen-bond donors (Lipinski definition) is 1. The fraction of sp³-hybridized carbons (Fsp3) is 0.462. The van der Waals surface area contributed by atoms with Gasteiger partial charge in [-0.25, -0.2) is 9.97 Å². The number of anilines is 1. The molecule has 0 aromatic carbocycles. The SMILES string of the molecule is CCCn1cc(-c2nc(CC)nc(N)c2C)cn1. The van der Waals surface area contributed by atoms with Gasteiger partial charge in [0.25, 0.3) is 0 Å². The standard InChI is InChI=1S/C13H19N5/c1-4-6-18-8-10(7-15-18)12-9(3)13(14)17-11(5-2)16-12/h7-8H,4-6H2,1-3H3,(H2,14,16,17). The van der Waals surface area contributed by atoms with Crippen molar-refractivity contribution in [2.75, 3.05) is 5.73 Å². The maximum Gasteiger partial charge on any atom is 0.131 e. The van der Waals surface area contributed by atoms with Gasteiger partial charge in [0, 0.05) is 30.3 Å². The molecule has 96 valence electrons. The van der Waals surface area contributed by atoms with Gasteiger partial charge in [-0.15, -0.1) is 0 Å². The number of rotatable bonds is 4. The van der Waals surface area contributed by atoms with E-state index in [4.69, 9.17) is 5.73 Å². The molecule has 0 fully saturated rings. The van der Waals surface area contributed by atoms with Gasteiger partial charge in [-0.2, -0.15) is 5.10 Å². The van der Waals surface area contributed by atoms with Gasteiger partial charge in [0.15, 0.2) is 0 Å². The highest BCUT2D eigenvalue weighted by Crippen LogP contribution is 2.24. The lowest BCUT2D eigenvalue weighted by atomic mass is 10.1. The summed E-state index contributed by atoms with van der Waals surface area (Å²) in [4.78, 5) is 8.81. The number of nitrogens with zero attached hydrogens (tertiary/aromatic N) is 4. The van der Waals surface area contributed by atoms with Crippen molar-refractivity contribution in [1.29, 1.82) is 0 Å². The fourth-order valence-electron chi connectivity index (χ4n) is 1.86. The predicted molar refractivity (Wildman–Crippen MR) is 72.1 cm³/mol. The Hall–Kier alpha value is -1.91. The van der Waals surface area contributed by atoms with Gasteiger partial charge >= 0.3 is 0 Å². The molecule has 0 atom stereocenters. The van der Waals surface area contributed by atoms with Crippen LogP contribution >= 0.6 is 0 Å². The van der Waals surface area contributed by atoms with E-state index in [0.717, 1.165) is 42.0 Å². The Morgan fingerprint density at radius 3 is 2.72 bits per heavy atom. The molecule has 0 saturated carbocycles. The molecule has 2 aromatic heterocycles. The third-order valence-corrected chi connectivity index (χ3v) is 2.91. The van der Waals surface area contributed by atoms with E-state index in [1.54, 1.807) is 0 Å². The molecule has 2 aromatic rings. The summed E-state index contributed by atoms with van der Waals surface area (Å²) in [5.74, 6) is 1.33. The van der Waals surface area contributed by atoms with Crippen molar-refractivity contribution in [2.24, 2.45) is 0 Å². The Morgan fingerprint density at radius 2 is 2.06 bits per heavy atom. The molecule has 0 radical (unpaired) electrons. The van der Waals surface area contributed by atoms with E-state index >= 15 is 0 Å². The average Bonchev–Trinajstić information content (AvgIpc) is 2.81. The molecule has 0 aliphatic rings. The molecule has 0 spiro atoms. The molecule has 0 aliphatic heterocycles. The van der Waals surface area contributed by atoms with Crippen LogP contribution in [-0.2, 0) is 13.0 Å². The monoisotopic (exact) mass is 245 g/mol. The summed E-state index contributed by atoms with van der Waals surface area (Å²) < 4.78 is 1.93. The van der Waals surface area contributed by atoms with Crippen LogP contribution in [0.15, 0.2) is 12.4 Å². The van der Waals surface area contributed by atoms with Gasteiger partial charge in [0.2, 0.25) is 0 Å². The lowest BCUT2D eigenvalue weighted by Gasteiger charge is -2.07. The third-order valence-electron chi connectivity index (χ3n) is 2.91. The van der Waals surface area contributed by atoms with Gasteiger partial charge in [-0.05, 0) is 13.3 Å². The van der Waals surface area contributed by atoms with Crippen LogP contribution in [0.1, 0.15) is 31.7 Å². The normalized spacial score (nSPS) is 10.8. The van der Waals surface area contributed by atoms with E-state index in [0.29, 0.717) is 5.82 Å².